The summed E-state index contributed by atoms with van der Waals surface area (Å²) in [6, 6.07) is -1.59. The number of alkyl halides is 5. The van der Waals surface area contributed by atoms with E-state index in [4.69, 9.17) is 5.73 Å². The summed E-state index contributed by atoms with van der Waals surface area (Å²) >= 11 is 0. The van der Waals surface area contributed by atoms with Gasteiger partial charge in [-0.05, 0) is 12.8 Å². The van der Waals surface area contributed by atoms with Gasteiger partial charge in [0.1, 0.15) is 5.41 Å². The van der Waals surface area contributed by atoms with Crippen LogP contribution in [0.4, 0.5) is 22.0 Å². The molecule has 1 heterocycles. The van der Waals surface area contributed by atoms with Gasteiger partial charge in [-0.25, -0.2) is 8.78 Å². The van der Waals surface area contributed by atoms with Gasteiger partial charge in [-0.1, -0.05) is 0 Å². The topological polar surface area (TPSA) is 46.3 Å². The Bertz CT molecular complexity index is 350. The van der Waals surface area contributed by atoms with E-state index in [0.29, 0.717) is 4.90 Å². The minimum Gasteiger partial charge on any atom is -0.334 e. The Balaban J connectivity index is 2.14. The molecule has 98 valence electrons. The second kappa shape index (κ2) is 3.30. The fourth-order valence-corrected chi connectivity index (χ4v) is 2.01. The molecule has 0 aromatic heterocycles. The van der Waals surface area contributed by atoms with Crippen LogP contribution in [-0.4, -0.2) is 42.0 Å². The molecule has 1 aliphatic carbocycles. The number of carbonyl (C=O) groups excluding carboxylic acids is 1. The molecule has 2 N–H and O–H groups in total. The molecular weight excluding hydrogens is 247 g/mol. The smallest absolute Gasteiger partial charge is 0.334 e. The lowest BCUT2D eigenvalue weighted by atomic mass is 10.1. The van der Waals surface area contributed by atoms with E-state index in [-0.39, 0.29) is 12.8 Å². The normalized spacial score (nSPS) is 30.5. The number of halogens is 5. The van der Waals surface area contributed by atoms with Gasteiger partial charge in [0.25, 0.3) is 5.92 Å². The SMILES string of the molecule is NC1CN(C(=O)C2(C(F)(F)F)CC2)CC1(F)F. The van der Waals surface area contributed by atoms with E-state index in [1.807, 2.05) is 0 Å². The second-order valence-corrected chi connectivity index (χ2v) is 4.63. The Morgan fingerprint density at radius 2 is 1.82 bits per heavy atom. The van der Waals surface area contributed by atoms with Crippen LogP contribution >= 0.6 is 0 Å². The van der Waals surface area contributed by atoms with Gasteiger partial charge in [-0.3, -0.25) is 4.79 Å². The van der Waals surface area contributed by atoms with Crippen molar-refractivity contribution in [1.82, 2.24) is 4.90 Å². The first kappa shape index (κ1) is 12.5. The van der Waals surface area contributed by atoms with Crippen LogP contribution in [0.3, 0.4) is 0 Å². The molecule has 8 heteroatoms. The highest BCUT2D eigenvalue weighted by Gasteiger charge is 2.70. The third kappa shape index (κ3) is 1.78. The fourth-order valence-electron chi connectivity index (χ4n) is 2.01. The van der Waals surface area contributed by atoms with Crippen LogP contribution < -0.4 is 5.73 Å². The largest absolute Gasteiger partial charge is 0.403 e. The van der Waals surface area contributed by atoms with Crippen molar-refractivity contribution in [3.8, 4) is 0 Å². The number of hydrogen-bond acceptors (Lipinski definition) is 2. The molecule has 2 fully saturated rings. The minimum absolute atomic E-state index is 0.327. The Morgan fingerprint density at radius 3 is 2.12 bits per heavy atom. The maximum atomic E-state index is 13.1. The zero-order valence-electron chi connectivity index (χ0n) is 8.73. The van der Waals surface area contributed by atoms with Crippen LogP contribution in [0.1, 0.15) is 12.8 Å². The summed E-state index contributed by atoms with van der Waals surface area (Å²) in [4.78, 5) is 12.2. The molecule has 2 aliphatic rings. The minimum atomic E-state index is -4.67. The third-order valence-electron chi connectivity index (χ3n) is 3.35. The number of likely N-dealkylation sites (tertiary alicyclic amines) is 1. The van der Waals surface area contributed by atoms with E-state index in [1.54, 1.807) is 0 Å². The summed E-state index contributed by atoms with van der Waals surface area (Å²) in [5, 5.41) is 0. The molecule has 0 aromatic carbocycles. The number of hydrogen-bond donors (Lipinski definition) is 1. The number of carbonyl (C=O) groups is 1. The molecular formula is C9H11F5N2O. The molecule has 1 atom stereocenters. The van der Waals surface area contributed by atoms with Crippen molar-refractivity contribution in [2.24, 2.45) is 11.1 Å². The molecule has 3 nitrogen and oxygen atoms in total. The molecule has 1 aliphatic heterocycles. The highest BCUT2D eigenvalue weighted by Crippen LogP contribution is 2.59. The van der Waals surface area contributed by atoms with Crippen LogP contribution in [0.15, 0.2) is 0 Å². The summed E-state index contributed by atoms with van der Waals surface area (Å²) in [6.45, 7) is -1.55. The molecule has 1 amide bonds. The monoisotopic (exact) mass is 258 g/mol. The average Bonchev–Trinajstić information content (AvgIpc) is 2.90. The average molecular weight is 258 g/mol. The van der Waals surface area contributed by atoms with Gasteiger partial charge in [0, 0.05) is 6.54 Å². The molecule has 0 aromatic rings. The van der Waals surface area contributed by atoms with E-state index < -0.39 is 42.6 Å². The molecule has 1 saturated heterocycles. The molecule has 17 heavy (non-hydrogen) atoms. The maximum absolute atomic E-state index is 13.1. The van der Waals surface area contributed by atoms with Gasteiger partial charge >= 0.3 is 6.18 Å². The van der Waals surface area contributed by atoms with Crippen molar-refractivity contribution in [3.63, 3.8) is 0 Å². The Labute approximate surface area is 93.7 Å². The van der Waals surface area contributed by atoms with E-state index in [1.165, 1.54) is 0 Å². The molecule has 0 bridgehead atoms. The summed E-state index contributed by atoms with van der Waals surface area (Å²) < 4.78 is 64.0. The quantitative estimate of drug-likeness (QED) is 0.717. The Hall–Kier alpha value is -0.920. The van der Waals surface area contributed by atoms with Gasteiger partial charge in [-0.15, -0.1) is 0 Å². The number of rotatable bonds is 1. The van der Waals surface area contributed by atoms with Gasteiger partial charge in [-0.2, -0.15) is 13.2 Å². The van der Waals surface area contributed by atoms with Crippen LogP contribution in [0.25, 0.3) is 0 Å². The Kier molecular flexibility index (Phi) is 2.44. The highest BCUT2D eigenvalue weighted by atomic mass is 19.4. The van der Waals surface area contributed by atoms with E-state index in [0.717, 1.165) is 0 Å². The predicted octanol–water partition coefficient (Wildman–Crippen LogP) is 1.13. The lowest BCUT2D eigenvalue weighted by Crippen LogP contribution is -2.44. The lowest BCUT2D eigenvalue weighted by Gasteiger charge is -2.24. The van der Waals surface area contributed by atoms with Crippen LogP contribution in [0.5, 0.6) is 0 Å². The lowest BCUT2D eigenvalue weighted by molar-refractivity contribution is -0.198. The first-order chi connectivity index (χ1) is 7.60. The number of amides is 1. The van der Waals surface area contributed by atoms with Crippen molar-refractivity contribution in [1.29, 1.82) is 0 Å². The van der Waals surface area contributed by atoms with Crippen LogP contribution in [0.2, 0.25) is 0 Å². The standard InChI is InChI=1S/C9H11F5N2O/c10-8(11)4-16(3-5(8)15)6(17)7(1-2-7)9(12,13)14/h5H,1-4,15H2. The highest BCUT2D eigenvalue weighted by molar-refractivity contribution is 5.86. The zero-order valence-corrected chi connectivity index (χ0v) is 8.73. The van der Waals surface area contributed by atoms with Crippen molar-refractivity contribution in [3.05, 3.63) is 0 Å². The van der Waals surface area contributed by atoms with E-state index in [9.17, 15) is 26.7 Å². The fraction of sp³-hybridized carbons (Fsp3) is 0.889. The first-order valence-electron chi connectivity index (χ1n) is 5.10. The van der Waals surface area contributed by atoms with E-state index in [2.05, 4.69) is 0 Å². The number of nitrogens with two attached hydrogens (primary N) is 1. The summed E-state index contributed by atoms with van der Waals surface area (Å²) in [7, 11) is 0. The molecule has 0 spiro atoms. The predicted molar refractivity (Wildman–Crippen MR) is 47.2 cm³/mol. The molecule has 0 radical (unpaired) electrons. The van der Waals surface area contributed by atoms with Crippen LogP contribution in [-0.2, 0) is 4.79 Å². The number of nitrogens with zero attached hydrogens (tertiary/aromatic N) is 1. The van der Waals surface area contributed by atoms with Gasteiger partial charge < -0.3 is 10.6 Å². The second-order valence-electron chi connectivity index (χ2n) is 4.63. The summed E-state index contributed by atoms with van der Waals surface area (Å²) in [6.07, 6.45) is -5.33. The van der Waals surface area contributed by atoms with Crippen LogP contribution in [0, 0.1) is 5.41 Å². The molecule has 1 unspecified atom stereocenters. The van der Waals surface area contributed by atoms with Crippen molar-refractivity contribution in [2.45, 2.75) is 31.0 Å². The van der Waals surface area contributed by atoms with Crippen molar-refractivity contribution >= 4 is 5.91 Å². The molecule has 1 saturated carbocycles. The zero-order chi connectivity index (χ0) is 13.1. The first-order valence-corrected chi connectivity index (χ1v) is 5.10. The summed E-state index contributed by atoms with van der Waals surface area (Å²) in [5.74, 6) is -4.57. The Morgan fingerprint density at radius 1 is 1.29 bits per heavy atom. The summed E-state index contributed by atoms with van der Waals surface area (Å²) in [5.41, 5.74) is 2.65. The third-order valence-corrected chi connectivity index (χ3v) is 3.35. The van der Waals surface area contributed by atoms with E-state index >= 15 is 0 Å². The van der Waals surface area contributed by atoms with Crippen molar-refractivity contribution < 1.29 is 26.7 Å². The van der Waals surface area contributed by atoms with Gasteiger partial charge in [0.05, 0.1) is 12.6 Å². The van der Waals surface area contributed by atoms with Crippen molar-refractivity contribution in [2.75, 3.05) is 13.1 Å². The molecule has 2 rings (SSSR count). The maximum Gasteiger partial charge on any atom is 0.403 e. The van der Waals surface area contributed by atoms with Gasteiger partial charge in [0.15, 0.2) is 0 Å². The van der Waals surface area contributed by atoms with Gasteiger partial charge in [0.2, 0.25) is 5.91 Å².